The Bertz CT molecular complexity index is 429. The number of hydrogen-bond acceptors (Lipinski definition) is 4. The minimum Gasteiger partial charge on any atom is -0.271 e. The molecule has 1 aromatic heterocycles. The van der Waals surface area contributed by atoms with Crippen LogP contribution in [0.1, 0.15) is 12.8 Å². The van der Waals surface area contributed by atoms with Crippen molar-refractivity contribution in [3.8, 4) is 0 Å². The van der Waals surface area contributed by atoms with Crippen LogP contribution in [0.4, 0.5) is 5.13 Å². The van der Waals surface area contributed by atoms with E-state index < -0.39 is 0 Å². The summed E-state index contributed by atoms with van der Waals surface area (Å²) >= 11 is 1.69. The Morgan fingerprint density at radius 1 is 1.27 bits per heavy atom. The van der Waals surface area contributed by atoms with E-state index in [1.807, 2.05) is 23.3 Å². The zero-order valence-corrected chi connectivity index (χ0v) is 9.17. The van der Waals surface area contributed by atoms with Crippen molar-refractivity contribution >= 4 is 26.7 Å². The number of hydroxylamine groups is 1. The Hall–Kier alpha value is -1.13. The predicted octanol–water partition coefficient (Wildman–Crippen LogP) is 2.83. The van der Waals surface area contributed by atoms with Gasteiger partial charge in [0.1, 0.15) is 0 Å². The van der Waals surface area contributed by atoms with E-state index in [1.54, 1.807) is 11.3 Å². The second-order valence-corrected chi connectivity index (χ2v) is 4.62. The molecule has 4 heteroatoms. The summed E-state index contributed by atoms with van der Waals surface area (Å²) in [5, 5.41) is 2.91. The highest BCUT2D eigenvalue weighted by molar-refractivity contribution is 7.22. The standard InChI is InChI=1S/C11H12N2OS/c1-2-6-10-9(5-1)12-11(15-10)13-7-3-4-8-14-13/h1-2,5-6H,3-4,7-8H2. The molecule has 0 saturated carbocycles. The van der Waals surface area contributed by atoms with Crippen LogP contribution in [-0.4, -0.2) is 18.1 Å². The normalized spacial score (nSPS) is 17.2. The number of thiazole rings is 1. The summed E-state index contributed by atoms with van der Waals surface area (Å²) in [4.78, 5) is 10.1. The van der Waals surface area contributed by atoms with Crippen molar-refractivity contribution in [2.75, 3.05) is 18.2 Å². The molecular formula is C11H12N2OS. The number of nitrogens with zero attached hydrogens (tertiary/aromatic N) is 2. The van der Waals surface area contributed by atoms with Crippen LogP contribution in [0.3, 0.4) is 0 Å². The molecule has 1 saturated heterocycles. The molecule has 0 radical (unpaired) electrons. The summed E-state index contributed by atoms with van der Waals surface area (Å²) < 4.78 is 1.22. The van der Waals surface area contributed by atoms with Gasteiger partial charge in [0, 0.05) is 6.54 Å². The van der Waals surface area contributed by atoms with Gasteiger partial charge in [-0.1, -0.05) is 23.5 Å². The maximum Gasteiger partial charge on any atom is 0.210 e. The van der Waals surface area contributed by atoms with Crippen molar-refractivity contribution in [1.29, 1.82) is 0 Å². The zero-order valence-electron chi connectivity index (χ0n) is 8.35. The summed E-state index contributed by atoms with van der Waals surface area (Å²) in [6.45, 7) is 1.77. The molecule has 78 valence electrons. The Labute approximate surface area is 92.3 Å². The van der Waals surface area contributed by atoms with Gasteiger partial charge in [-0.25, -0.2) is 10.0 Å². The van der Waals surface area contributed by atoms with E-state index >= 15 is 0 Å². The lowest BCUT2D eigenvalue weighted by Gasteiger charge is -2.24. The maximum atomic E-state index is 5.57. The third-order valence-corrected chi connectivity index (χ3v) is 3.54. The van der Waals surface area contributed by atoms with Crippen LogP contribution in [0, 0.1) is 0 Å². The molecule has 1 aromatic carbocycles. The van der Waals surface area contributed by atoms with Gasteiger partial charge in [-0.3, -0.25) is 4.84 Å². The van der Waals surface area contributed by atoms with Crippen LogP contribution in [0.2, 0.25) is 0 Å². The Balaban J connectivity index is 1.96. The first-order valence-electron chi connectivity index (χ1n) is 5.19. The van der Waals surface area contributed by atoms with Gasteiger partial charge in [0.2, 0.25) is 5.13 Å². The molecular weight excluding hydrogens is 208 g/mol. The molecule has 0 amide bonds. The quantitative estimate of drug-likeness (QED) is 0.739. The van der Waals surface area contributed by atoms with Gasteiger partial charge >= 0.3 is 0 Å². The third-order valence-electron chi connectivity index (χ3n) is 2.50. The average molecular weight is 220 g/mol. The van der Waals surface area contributed by atoms with Crippen molar-refractivity contribution in [2.24, 2.45) is 0 Å². The molecule has 2 aromatic rings. The van der Waals surface area contributed by atoms with Gasteiger partial charge in [0.05, 0.1) is 16.8 Å². The minimum atomic E-state index is 0.815. The van der Waals surface area contributed by atoms with Crippen molar-refractivity contribution < 1.29 is 4.84 Å². The SMILES string of the molecule is c1ccc2sc(N3CCCCO3)nc2c1. The number of benzene rings is 1. The molecule has 3 nitrogen and oxygen atoms in total. The first-order chi connectivity index (χ1) is 7.43. The van der Waals surface area contributed by atoms with Gasteiger partial charge in [-0.05, 0) is 25.0 Å². The molecule has 1 aliphatic rings. The van der Waals surface area contributed by atoms with E-state index in [0.29, 0.717) is 0 Å². The van der Waals surface area contributed by atoms with E-state index in [-0.39, 0.29) is 0 Å². The fourth-order valence-electron chi connectivity index (χ4n) is 1.71. The van der Waals surface area contributed by atoms with E-state index in [9.17, 15) is 0 Å². The number of anilines is 1. The van der Waals surface area contributed by atoms with Gasteiger partial charge in [0.25, 0.3) is 0 Å². The summed E-state index contributed by atoms with van der Waals surface area (Å²) in [5.41, 5.74) is 1.06. The van der Waals surface area contributed by atoms with E-state index in [2.05, 4.69) is 11.1 Å². The average Bonchev–Trinajstić information content (AvgIpc) is 2.74. The van der Waals surface area contributed by atoms with Gasteiger partial charge in [0.15, 0.2) is 0 Å². The lowest BCUT2D eigenvalue weighted by molar-refractivity contribution is 0.0778. The molecule has 1 aliphatic heterocycles. The maximum absolute atomic E-state index is 5.57. The van der Waals surface area contributed by atoms with E-state index in [0.717, 1.165) is 30.2 Å². The number of fused-ring (bicyclic) bond motifs is 1. The van der Waals surface area contributed by atoms with Gasteiger partial charge in [-0.15, -0.1) is 0 Å². The van der Waals surface area contributed by atoms with Crippen LogP contribution in [-0.2, 0) is 4.84 Å². The highest BCUT2D eigenvalue weighted by Crippen LogP contribution is 2.29. The van der Waals surface area contributed by atoms with Crippen molar-refractivity contribution in [1.82, 2.24) is 4.98 Å². The monoisotopic (exact) mass is 220 g/mol. The highest BCUT2D eigenvalue weighted by Gasteiger charge is 2.15. The lowest BCUT2D eigenvalue weighted by Crippen LogP contribution is -2.29. The Morgan fingerprint density at radius 2 is 2.20 bits per heavy atom. The topological polar surface area (TPSA) is 25.4 Å². The van der Waals surface area contributed by atoms with Crippen LogP contribution in [0.25, 0.3) is 10.2 Å². The number of para-hydroxylation sites is 1. The molecule has 0 bridgehead atoms. The van der Waals surface area contributed by atoms with Crippen molar-refractivity contribution in [2.45, 2.75) is 12.8 Å². The minimum absolute atomic E-state index is 0.815. The highest BCUT2D eigenvalue weighted by atomic mass is 32.1. The van der Waals surface area contributed by atoms with Crippen LogP contribution >= 0.6 is 11.3 Å². The molecule has 2 heterocycles. The largest absolute Gasteiger partial charge is 0.271 e. The van der Waals surface area contributed by atoms with Crippen LogP contribution in [0.15, 0.2) is 24.3 Å². The third kappa shape index (κ3) is 1.70. The predicted molar refractivity (Wildman–Crippen MR) is 62.2 cm³/mol. The second-order valence-electron chi connectivity index (χ2n) is 3.61. The summed E-state index contributed by atoms with van der Waals surface area (Å²) in [6, 6.07) is 8.20. The fraction of sp³-hybridized carbons (Fsp3) is 0.364. The number of rotatable bonds is 1. The van der Waals surface area contributed by atoms with E-state index in [1.165, 1.54) is 11.1 Å². The first-order valence-corrected chi connectivity index (χ1v) is 6.01. The smallest absolute Gasteiger partial charge is 0.210 e. The lowest BCUT2D eigenvalue weighted by atomic mass is 10.3. The Morgan fingerprint density at radius 3 is 3.00 bits per heavy atom. The molecule has 3 rings (SSSR count). The first kappa shape index (κ1) is 9.12. The van der Waals surface area contributed by atoms with Crippen LogP contribution < -0.4 is 5.06 Å². The Kier molecular flexibility index (Phi) is 2.31. The summed E-state index contributed by atoms with van der Waals surface area (Å²) in [6.07, 6.45) is 2.34. The van der Waals surface area contributed by atoms with Crippen LogP contribution in [0.5, 0.6) is 0 Å². The molecule has 1 fully saturated rings. The van der Waals surface area contributed by atoms with Crippen molar-refractivity contribution in [3.05, 3.63) is 24.3 Å². The molecule has 0 unspecified atom stereocenters. The van der Waals surface area contributed by atoms with Gasteiger partial charge < -0.3 is 0 Å². The fourth-order valence-corrected chi connectivity index (χ4v) is 2.67. The van der Waals surface area contributed by atoms with Crippen molar-refractivity contribution in [3.63, 3.8) is 0 Å². The summed E-state index contributed by atoms with van der Waals surface area (Å²) in [5.74, 6) is 0. The molecule has 0 N–H and O–H groups in total. The van der Waals surface area contributed by atoms with E-state index in [4.69, 9.17) is 4.84 Å². The molecule has 0 aliphatic carbocycles. The molecule has 15 heavy (non-hydrogen) atoms. The second kappa shape index (κ2) is 3.79. The number of aromatic nitrogens is 1. The molecule has 0 atom stereocenters. The zero-order chi connectivity index (χ0) is 10.1. The van der Waals surface area contributed by atoms with Gasteiger partial charge in [-0.2, -0.15) is 0 Å². The summed E-state index contributed by atoms with van der Waals surface area (Å²) in [7, 11) is 0. The molecule has 0 spiro atoms. The number of hydrogen-bond donors (Lipinski definition) is 0.